The Morgan fingerprint density at radius 1 is 0.969 bits per heavy atom. The van der Waals surface area contributed by atoms with Gasteiger partial charge in [0.05, 0.1) is 19.8 Å². The van der Waals surface area contributed by atoms with Crippen LogP contribution in [0, 0.1) is 0 Å². The predicted molar refractivity (Wildman–Crippen MR) is 129 cm³/mol. The van der Waals surface area contributed by atoms with Gasteiger partial charge < -0.3 is 24.0 Å². The lowest BCUT2D eigenvalue weighted by atomic mass is 9.94. The largest absolute Gasteiger partial charge is 0.493 e. The highest BCUT2D eigenvalue weighted by Crippen LogP contribution is 2.44. The summed E-state index contributed by atoms with van der Waals surface area (Å²) in [5.74, 6) is 1.68. The maximum Gasteiger partial charge on any atom is 0.163 e. The molecule has 2 saturated heterocycles. The van der Waals surface area contributed by atoms with Crippen molar-refractivity contribution in [1.29, 1.82) is 0 Å². The lowest BCUT2D eigenvalue weighted by Crippen LogP contribution is -2.35. The average Bonchev–Trinajstić information content (AvgIpc) is 3.36. The van der Waals surface area contributed by atoms with E-state index in [1.54, 1.807) is 7.11 Å². The number of benzene rings is 2. The van der Waals surface area contributed by atoms with E-state index in [2.05, 4.69) is 46.2 Å². The third-order valence-corrected chi connectivity index (χ3v) is 7.05. The summed E-state index contributed by atoms with van der Waals surface area (Å²) in [5.41, 5.74) is 5.17. The van der Waals surface area contributed by atoms with Crippen LogP contribution in [0.25, 0.3) is 0 Å². The SMILES string of the molecule is COc1cc2c(cc1OCCCN1CCCC1)N(CC1CCCCO1)c1ccccc1C2. The summed E-state index contributed by atoms with van der Waals surface area (Å²) in [6, 6.07) is 13.1. The quantitative estimate of drug-likeness (QED) is 0.533. The van der Waals surface area contributed by atoms with E-state index in [1.165, 1.54) is 61.3 Å². The van der Waals surface area contributed by atoms with Crippen LogP contribution >= 0.6 is 0 Å². The molecule has 0 amide bonds. The molecule has 3 aliphatic heterocycles. The van der Waals surface area contributed by atoms with Gasteiger partial charge in [0.15, 0.2) is 11.5 Å². The highest BCUT2D eigenvalue weighted by atomic mass is 16.5. The first-order valence-electron chi connectivity index (χ1n) is 12.3. The van der Waals surface area contributed by atoms with Gasteiger partial charge >= 0.3 is 0 Å². The molecule has 2 aromatic carbocycles. The minimum absolute atomic E-state index is 0.273. The van der Waals surface area contributed by atoms with Gasteiger partial charge in [-0.15, -0.1) is 0 Å². The molecule has 0 spiro atoms. The molecule has 0 N–H and O–H groups in total. The number of para-hydroxylation sites is 1. The van der Waals surface area contributed by atoms with Gasteiger partial charge in [0.1, 0.15) is 0 Å². The molecule has 0 saturated carbocycles. The third kappa shape index (κ3) is 4.74. The van der Waals surface area contributed by atoms with Crippen LogP contribution in [-0.4, -0.2) is 57.5 Å². The number of hydrogen-bond donors (Lipinski definition) is 0. The zero-order valence-corrected chi connectivity index (χ0v) is 19.4. The van der Waals surface area contributed by atoms with Crippen LogP contribution in [0.3, 0.4) is 0 Å². The molecule has 1 atom stereocenters. The van der Waals surface area contributed by atoms with Crippen molar-refractivity contribution in [2.45, 2.75) is 51.0 Å². The Morgan fingerprint density at radius 2 is 1.84 bits per heavy atom. The molecular formula is C27H36N2O3. The Kier molecular flexibility index (Phi) is 6.84. The van der Waals surface area contributed by atoms with Gasteiger partial charge in [0, 0.05) is 43.6 Å². The summed E-state index contributed by atoms with van der Waals surface area (Å²) < 4.78 is 18.1. The van der Waals surface area contributed by atoms with Crippen molar-refractivity contribution in [2.75, 3.05) is 51.4 Å². The fourth-order valence-electron chi connectivity index (χ4n) is 5.34. The standard InChI is InChI=1S/C27H36N2O3/c1-30-26-18-22-17-21-9-2-3-11-24(21)29(20-23-10-4-7-15-31-23)25(22)19-27(26)32-16-8-14-28-12-5-6-13-28/h2-3,9,11,18-19,23H,4-8,10,12-17,20H2,1H3. The molecule has 0 bridgehead atoms. The normalized spacial score (nSPS) is 20.7. The van der Waals surface area contributed by atoms with Crippen molar-refractivity contribution in [2.24, 2.45) is 0 Å². The van der Waals surface area contributed by atoms with E-state index < -0.39 is 0 Å². The van der Waals surface area contributed by atoms with Crippen LogP contribution < -0.4 is 14.4 Å². The second-order valence-corrected chi connectivity index (χ2v) is 9.29. The number of hydrogen-bond acceptors (Lipinski definition) is 5. The monoisotopic (exact) mass is 436 g/mol. The van der Waals surface area contributed by atoms with E-state index >= 15 is 0 Å². The Hall–Kier alpha value is -2.24. The number of methoxy groups -OCH3 is 1. The number of rotatable bonds is 8. The Morgan fingerprint density at radius 3 is 2.66 bits per heavy atom. The van der Waals surface area contributed by atoms with Gasteiger partial charge in [0.25, 0.3) is 0 Å². The minimum atomic E-state index is 0.273. The maximum absolute atomic E-state index is 6.27. The van der Waals surface area contributed by atoms with Gasteiger partial charge in [0.2, 0.25) is 0 Å². The van der Waals surface area contributed by atoms with E-state index in [0.717, 1.165) is 50.5 Å². The maximum atomic E-state index is 6.27. The molecule has 0 aromatic heterocycles. The van der Waals surface area contributed by atoms with Crippen LogP contribution in [-0.2, 0) is 11.2 Å². The van der Waals surface area contributed by atoms with Crippen LogP contribution in [0.2, 0.25) is 0 Å². The topological polar surface area (TPSA) is 34.2 Å². The predicted octanol–water partition coefficient (Wildman–Crippen LogP) is 5.17. The van der Waals surface area contributed by atoms with E-state index in [-0.39, 0.29) is 6.10 Å². The summed E-state index contributed by atoms with van der Waals surface area (Å²) in [7, 11) is 1.74. The summed E-state index contributed by atoms with van der Waals surface area (Å²) in [6.07, 6.45) is 8.46. The second kappa shape index (κ2) is 10.1. The van der Waals surface area contributed by atoms with E-state index in [9.17, 15) is 0 Å². The Balaban J connectivity index is 1.37. The lowest BCUT2D eigenvalue weighted by molar-refractivity contribution is 0.0222. The fourth-order valence-corrected chi connectivity index (χ4v) is 5.34. The molecule has 3 aliphatic rings. The first kappa shape index (κ1) is 21.6. The molecule has 3 heterocycles. The molecule has 0 radical (unpaired) electrons. The molecule has 2 aromatic rings. The third-order valence-electron chi connectivity index (χ3n) is 7.05. The van der Waals surface area contributed by atoms with E-state index in [4.69, 9.17) is 14.2 Å². The van der Waals surface area contributed by atoms with Gasteiger partial charge in [-0.2, -0.15) is 0 Å². The van der Waals surface area contributed by atoms with Crippen molar-refractivity contribution in [3.05, 3.63) is 47.5 Å². The molecule has 1 unspecified atom stereocenters. The zero-order valence-electron chi connectivity index (χ0n) is 19.4. The first-order valence-corrected chi connectivity index (χ1v) is 12.3. The molecule has 5 heteroatoms. The first-order chi connectivity index (χ1) is 15.8. The van der Waals surface area contributed by atoms with E-state index in [1.807, 2.05) is 0 Å². The molecule has 5 rings (SSSR count). The average molecular weight is 437 g/mol. The molecule has 172 valence electrons. The van der Waals surface area contributed by atoms with E-state index in [0.29, 0.717) is 6.61 Å². The number of ether oxygens (including phenoxy) is 3. The molecule has 32 heavy (non-hydrogen) atoms. The number of nitrogens with zero attached hydrogens (tertiary/aromatic N) is 2. The van der Waals surface area contributed by atoms with Crippen LogP contribution in [0.1, 0.15) is 49.7 Å². The molecule has 5 nitrogen and oxygen atoms in total. The Bertz CT molecular complexity index is 904. The molecular weight excluding hydrogens is 400 g/mol. The van der Waals surface area contributed by atoms with Crippen LogP contribution in [0.5, 0.6) is 11.5 Å². The smallest absolute Gasteiger partial charge is 0.163 e. The molecule has 2 fully saturated rings. The summed E-state index contributed by atoms with van der Waals surface area (Å²) in [4.78, 5) is 4.98. The van der Waals surface area contributed by atoms with Crippen molar-refractivity contribution in [3.63, 3.8) is 0 Å². The van der Waals surface area contributed by atoms with Gasteiger partial charge in [-0.3, -0.25) is 0 Å². The summed E-state index contributed by atoms with van der Waals surface area (Å²) in [6.45, 7) is 6.06. The number of anilines is 2. The number of fused-ring (bicyclic) bond motifs is 2. The minimum Gasteiger partial charge on any atom is -0.493 e. The van der Waals surface area contributed by atoms with Crippen molar-refractivity contribution < 1.29 is 14.2 Å². The lowest BCUT2D eigenvalue weighted by Gasteiger charge is -2.37. The highest BCUT2D eigenvalue weighted by Gasteiger charge is 2.28. The fraction of sp³-hybridized carbons (Fsp3) is 0.556. The van der Waals surface area contributed by atoms with Gasteiger partial charge in [-0.1, -0.05) is 18.2 Å². The van der Waals surface area contributed by atoms with Gasteiger partial charge in [-0.05, 0) is 74.9 Å². The van der Waals surface area contributed by atoms with Crippen molar-refractivity contribution in [3.8, 4) is 11.5 Å². The number of likely N-dealkylation sites (tertiary alicyclic amines) is 1. The van der Waals surface area contributed by atoms with Crippen LogP contribution in [0.4, 0.5) is 11.4 Å². The summed E-state index contributed by atoms with van der Waals surface area (Å²) in [5, 5.41) is 0. The zero-order chi connectivity index (χ0) is 21.8. The molecule has 0 aliphatic carbocycles. The van der Waals surface area contributed by atoms with Gasteiger partial charge in [-0.25, -0.2) is 0 Å². The Labute approximate surface area is 192 Å². The summed E-state index contributed by atoms with van der Waals surface area (Å²) >= 11 is 0. The highest BCUT2D eigenvalue weighted by molar-refractivity contribution is 5.76. The van der Waals surface area contributed by atoms with Crippen LogP contribution in [0.15, 0.2) is 36.4 Å². The van der Waals surface area contributed by atoms with Crippen molar-refractivity contribution in [1.82, 2.24) is 4.90 Å². The van der Waals surface area contributed by atoms with Crippen molar-refractivity contribution >= 4 is 11.4 Å². The second-order valence-electron chi connectivity index (χ2n) is 9.29.